The molecule has 1 aliphatic carbocycles. The third-order valence-corrected chi connectivity index (χ3v) is 4.13. The molecule has 0 unspecified atom stereocenters. The number of benzene rings is 2. The molecule has 3 rings (SSSR count). The largest absolute Gasteiger partial charge is 0.298 e. The van der Waals surface area contributed by atoms with Crippen molar-refractivity contribution in [1.82, 2.24) is 0 Å². The molecule has 1 aliphatic rings. The molecule has 1 saturated carbocycles. The number of hydrogen-bond donors (Lipinski definition) is 0. The molecule has 2 aromatic carbocycles. The normalized spacial score (nSPS) is 21.6. The van der Waals surface area contributed by atoms with E-state index < -0.39 is 5.92 Å². The molecule has 2 aromatic rings. The Bertz CT molecular complexity index is 686. The lowest BCUT2D eigenvalue weighted by Gasteiger charge is -2.25. The highest BCUT2D eigenvalue weighted by Crippen LogP contribution is 2.32. The molecule has 0 aliphatic heterocycles. The van der Waals surface area contributed by atoms with Crippen LogP contribution in [0.4, 0.5) is 0 Å². The van der Waals surface area contributed by atoms with E-state index in [0.29, 0.717) is 5.56 Å². The van der Waals surface area contributed by atoms with Gasteiger partial charge in [-0.1, -0.05) is 60.7 Å². The first-order valence-electron chi connectivity index (χ1n) is 7.36. The SMILES string of the molecule is O=C1CC(c2ccccc2)CC(=O)C1C(=O)c1ccccc1. The molecular formula is C19H16O3. The molecule has 0 saturated heterocycles. The second kappa shape index (κ2) is 6.06. The minimum absolute atomic E-state index is 0.110. The molecule has 0 aromatic heterocycles. The average Bonchev–Trinajstić information content (AvgIpc) is 2.55. The quantitative estimate of drug-likeness (QED) is 0.645. The van der Waals surface area contributed by atoms with Gasteiger partial charge in [0.15, 0.2) is 17.3 Å². The second-order valence-electron chi connectivity index (χ2n) is 5.61. The molecule has 3 heteroatoms. The Kier molecular flexibility index (Phi) is 3.96. The van der Waals surface area contributed by atoms with Crippen molar-refractivity contribution < 1.29 is 14.4 Å². The highest BCUT2D eigenvalue weighted by Gasteiger charge is 2.40. The fourth-order valence-electron chi connectivity index (χ4n) is 3.00. The van der Waals surface area contributed by atoms with Gasteiger partial charge >= 0.3 is 0 Å². The summed E-state index contributed by atoms with van der Waals surface area (Å²) in [5.41, 5.74) is 1.40. The number of hydrogen-bond acceptors (Lipinski definition) is 3. The van der Waals surface area contributed by atoms with Gasteiger partial charge in [0, 0.05) is 18.4 Å². The maximum Gasteiger partial charge on any atom is 0.180 e. The van der Waals surface area contributed by atoms with Gasteiger partial charge in [0.25, 0.3) is 0 Å². The van der Waals surface area contributed by atoms with Gasteiger partial charge in [-0.2, -0.15) is 0 Å². The van der Waals surface area contributed by atoms with E-state index in [-0.39, 0.29) is 36.1 Å². The number of rotatable bonds is 3. The maximum absolute atomic E-state index is 12.4. The predicted molar refractivity (Wildman–Crippen MR) is 82.7 cm³/mol. The Hall–Kier alpha value is -2.55. The molecular weight excluding hydrogens is 276 g/mol. The summed E-state index contributed by atoms with van der Waals surface area (Å²) in [6.45, 7) is 0. The third kappa shape index (κ3) is 2.75. The zero-order valence-corrected chi connectivity index (χ0v) is 12.1. The lowest BCUT2D eigenvalue weighted by Crippen LogP contribution is -2.38. The summed E-state index contributed by atoms with van der Waals surface area (Å²) < 4.78 is 0. The summed E-state index contributed by atoms with van der Waals surface area (Å²) >= 11 is 0. The standard InChI is InChI=1S/C19H16O3/c20-16-11-15(13-7-3-1-4-8-13)12-17(21)18(16)19(22)14-9-5-2-6-10-14/h1-10,15,18H,11-12H2. The van der Waals surface area contributed by atoms with Crippen LogP contribution in [-0.2, 0) is 9.59 Å². The van der Waals surface area contributed by atoms with E-state index in [2.05, 4.69) is 0 Å². The first-order valence-corrected chi connectivity index (χ1v) is 7.36. The lowest BCUT2D eigenvalue weighted by molar-refractivity contribution is -0.133. The van der Waals surface area contributed by atoms with E-state index >= 15 is 0 Å². The number of carbonyl (C=O) groups is 3. The fraction of sp³-hybridized carbons (Fsp3) is 0.211. The first-order chi connectivity index (χ1) is 10.7. The van der Waals surface area contributed by atoms with E-state index in [1.165, 1.54) is 0 Å². The van der Waals surface area contributed by atoms with Crippen LogP contribution in [0.15, 0.2) is 60.7 Å². The van der Waals surface area contributed by atoms with Crippen molar-refractivity contribution in [2.24, 2.45) is 5.92 Å². The first kappa shape index (κ1) is 14.4. The molecule has 0 atom stereocenters. The van der Waals surface area contributed by atoms with Gasteiger partial charge in [0.2, 0.25) is 0 Å². The molecule has 0 heterocycles. The molecule has 0 spiro atoms. The Balaban J connectivity index is 1.81. The smallest absolute Gasteiger partial charge is 0.180 e. The molecule has 3 nitrogen and oxygen atoms in total. The van der Waals surface area contributed by atoms with Crippen LogP contribution in [0.1, 0.15) is 34.7 Å². The van der Waals surface area contributed by atoms with Crippen LogP contribution in [-0.4, -0.2) is 17.3 Å². The molecule has 0 bridgehead atoms. The van der Waals surface area contributed by atoms with Crippen molar-refractivity contribution in [3.05, 3.63) is 71.8 Å². The molecule has 22 heavy (non-hydrogen) atoms. The zero-order valence-electron chi connectivity index (χ0n) is 12.1. The van der Waals surface area contributed by atoms with Crippen molar-refractivity contribution in [2.75, 3.05) is 0 Å². The molecule has 0 radical (unpaired) electrons. The topological polar surface area (TPSA) is 51.2 Å². The van der Waals surface area contributed by atoms with Gasteiger partial charge in [0.1, 0.15) is 5.92 Å². The second-order valence-corrected chi connectivity index (χ2v) is 5.61. The van der Waals surface area contributed by atoms with E-state index in [9.17, 15) is 14.4 Å². The lowest BCUT2D eigenvalue weighted by atomic mass is 9.74. The van der Waals surface area contributed by atoms with Crippen LogP contribution in [0.3, 0.4) is 0 Å². The van der Waals surface area contributed by atoms with E-state index in [0.717, 1.165) is 5.56 Å². The van der Waals surface area contributed by atoms with Crippen molar-refractivity contribution in [1.29, 1.82) is 0 Å². The summed E-state index contributed by atoms with van der Waals surface area (Å²) in [5, 5.41) is 0. The van der Waals surface area contributed by atoms with E-state index in [1.807, 2.05) is 30.3 Å². The van der Waals surface area contributed by atoms with Crippen LogP contribution in [0.2, 0.25) is 0 Å². The van der Waals surface area contributed by atoms with E-state index in [1.54, 1.807) is 30.3 Å². The van der Waals surface area contributed by atoms with E-state index in [4.69, 9.17) is 0 Å². The molecule has 0 amide bonds. The van der Waals surface area contributed by atoms with Gasteiger partial charge in [-0.25, -0.2) is 0 Å². The molecule has 1 fully saturated rings. The van der Waals surface area contributed by atoms with Crippen LogP contribution in [0, 0.1) is 5.92 Å². The molecule has 110 valence electrons. The van der Waals surface area contributed by atoms with Crippen molar-refractivity contribution >= 4 is 17.3 Å². The zero-order chi connectivity index (χ0) is 15.5. The summed E-state index contributed by atoms with van der Waals surface area (Å²) in [6.07, 6.45) is 0.498. The Morgan fingerprint density at radius 3 is 1.82 bits per heavy atom. The van der Waals surface area contributed by atoms with Gasteiger partial charge in [0.05, 0.1) is 0 Å². The monoisotopic (exact) mass is 292 g/mol. The van der Waals surface area contributed by atoms with Crippen LogP contribution in [0.25, 0.3) is 0 Å². The molecule has 0 N–H and O–H groups in total. The third-order valence-electron chi connectivity index (χ3n) is 4.13. The number of Topliss-reactive ketones (excluding diaryl/α,β-unsaturated/α-hetero) is 3. The summed E-state index contributed by atoms with van der Waals surface area (Å²) in [4.78, 5) is 37.1. The van der Waals surface area contributed by atoms with Crippen LogP contribution < -0.4 is 0 Å². The highest BCUT2D eigenvalue weighted by molar-refractivity contribution is 6.25. The Morgan fingerprint density at radius 2 is 1.27 bits per heavy atom. The van der Waals surface area contributed by atoms with Crippen LogP contribution in [0.5, 0.6) is 0 Å². The summed E-state index contributed by atoms with van der Waals surface area (Å²) in [7, 11) is 0. The highest BCUT2D eigenvalue weighted by atomic mass is 16.2. The summed E-state index contributed by atoms with van der Waals surface area (Å²) in [5.74, 6) is -2.14. The number of ketones is 3. The van der Waals surface area contributed by atoms with Gasteiger partial charge in [-0.05, 0) is 11.5 Å². The average molecular weight is 292 g/mol. The number of carbonyl (C=O) groups excluding carboxylic acids is 3. The van der Waals surface area contributed by atoms with Crippen LogP contribution >= 0.6 is 0 Å². The Morgan fingerprint density at radius 1 is 0.773 bits per heavy atom. The van der Waals surface area contributed by atoms with Crippen molar-refractivity contribution in [3.63, 3.8) is 0 Å². The van der Waals surface area contributed by atoms with Gasteiger partial charge in [-0.3, -0.25) is 14.4 Å². The van der Waals surface area contributed by atoms with Crippen molar-refractivity contribution in [2.45, 2.75) is 18.8 Å². The minimum Gasteiger partial charge on any atom is -0.298 e. The van der Waals surface area contributed by atoms with Gasteiger partial charge < -0.3 is 0 Å². The predicted octanol–water partition coefficient (Wildman–Crippen LogP) is 3.20. The van der Waals surface area contributed by atoms with Gasteiger partial charge in [-0.15, -0.1) is 0 Å². The Labute approximate surface area is 129 Å². The minimum atomic E-state index is -1.12. The van der Waals surface area contributed by atoms with Crippen molar-refractivity contribution in [3.8, 4) is 0 Å². The maximum atomic E-state index is 12.4. The fourth-order valence-corrected chi connectivity index (χ4v) is 3.00. The summed E-state index contributed by atoms with van der Waals surface area (Å²) in [6, 6.07) is 18.1.